The van der Waals surface area contributed by atoms with E-state index in [-0.39, 0.29) is 11.1 Å². The predicted octanol–water partition coefficient (Wildman–Crippen LogP) is 3.23. The molecule has 0 aromatic heterocycles. The highest BCUT2D eigenvalue weighted by atomic mass is 19.1. The van der Waals surface area contributed by atoms with Crippen LogP contribution >= 0.6 is 0 Å². The average molecular weight is 294 g/mol. The first kappa shape index (κ1) is 15.3. The van der Waals surface area contributed by atoms with E-state index in [0.717, 1.165) is 31.7 Å². The summed E-state index contributed by atoms with van der Waals surface area (Å²) in [6, 6.07) is 3.25. The van der Waals surface area contributed by atoms with Crippen molar-refractivity contribution in [3.63, 3.8) is 0 Å². The fourth-order valence-corrected chi connectivity index (χ4v) is 2.71. The minimum absolute atomic E-state index is 0.0448. The summed E-state index contributed by atoms with van der Waals surface area (Å²) in [6.45, 7) is 2.64. The van der Waals surface area contributed by atoms with E-state index >= 15 is 0 Å². The maximum absolute atomic E-state index is 13.5. The van der Waals surface area contributed by atoms with Crippen molar-refractivity contribution in [2.24, 2.45) is 5.41 Å². The molecular weight excluding hydrogens is 275 g/mol. The molecule has 1 fully saturated rings. The maximum Gasteiger partial charge on any atom is 0.340 e. The van der Waals surface area contributed by atoms with Gasteiger partial charge in [0, 0.05) is 6.54 Å². The molecule has 1 aliphatic carbocycles. The minimum atomic E-state index is -1.41. The Bertz CT molecular complexity index is 554. The van der Waals surface area contributed by atoms with Crippen LogP contribution in [0.15, 0.2) is 18.2 Å². The molecule has 2 amide bonds. The summed E-state index contributed by atoms with van der Waals surface area (Å²) < 4.78 is 13.5. The zero-order valence-electron chi connectivity index (χ0n) is 11.9. The van der Waals surface area contributed by atoms with E-state index in [0.29, 0.717) is 6.54 Å². The van der Waals surface area contributed by atoms with Crippen LogP contribution in [0, 0.1) is 11.2 Å². The summed E-state index contributed by atoms with van der Waals surface area (Å²) >= 11 is 0. The lowest BCUT2D eigenvalue weighted by atomic mass is 9.89. The molecule has 1 aliphatic rings. The first-order chi connectivity index (χ1) is 9.91. The van der Waals surface area contributed by atoms with Gasteiger partial charge in [-0.2, -0.15) is 0 Å². The lowest BCUT2D eigenvalue weighted by Crippen LogP contribution is -2.37. The van der Waals surface area contributed by atoms with Crippen LogP contribution < -0.4 is 10.6 Å². The third kappa shape index (κ3) is 3.71. The Balaban J connectivity index is 2.00. The van der Waals surface area contributed by atoms with Crippen molar-refractivity contribution in [3.8, 4) is 0 Å². The van der Waals surface area contributed by atoms with Gasteiger partial charge in [0.25, 0.3) is 0 Å². The fraction of sp³-hybridized carbons (Fsp3) is 0.467. The lowest BCUT2D eigenvalue weighted by Gasteiger charge is -2.23. The Labute approximate surface area is 122 Å². The number of anilines is 1. The zero-order chi connectivity index (χ0) is 15.5. The number of benzene rings is 1. The smallest absolute Gasteiger partial charge is 0.340 e. The highest BCUT2D eigenvalue weighted by Gasteiger charge is 2.29. The molecule has 0 atom stereocenters. The van der Waals surface area contributed by atoms with Crippen molar-refractivity contribution < 1.29 is 19.1 Å². The van der Waals surface area contributed by atoms with Crippen LogP contribution in [0.2, 0.25) is 0 Å². The second kappa shape index (κ2) is 6.11. The van der Waals surface area contributed by atoms with Crippen molar-refractivity contribution in [2.75, 3.05) is 11.9 Å². The highest BCUT2D eigenvalue weighted by molar-refractivity contribution is 6.00. The number of amides is 2. The number of aromatic carboxylic acids is 1. The van der Waals surface area contributed by atoms with Crippen LogP contribution in [0.3, 0.4) is 0 Å². The van der Waals surface area contributed by atoms with Gasteiger partial charge in [0.1, 0.15) is 11.4 Å². The SMILES string of the molecule is CC1(CNC(=O)Nc2cccc(F)c2C(=O)O)CCCC1. The van der Waals surface area contributed by atoms with E-state index in [1.54, 1.807) is 0 Å². The molecule has 0 saturated heterocycles. The summed E-state index contributed by atoms with van der Waals surface area (Å²) in [5.74, 6) is -2.28. The summed E-state index contributed by atoms with van der Waals surface area (Å²) in [5.41, 5.74) is -0.481. The van der Waals surface area contributed by atoms with Gasteiger partial charge in [-0.15, -0.1) is 0 Å². The van der Waals surface area contributed by atoms with E-state index in [4.69, 9.17) is 5.11 Å². The monoisotopic (exact) mass is 294 g/mol. The molecule has 0 spiro atoms. The molecule has 2 rings (SSSR count). The summed E-state index contributed by atoms with van der Waals surface area (Å²) in [4.78, 5) is 22.9. The Kier molecular flexibility index (Phi) is 4.45. The van der Waals surface area contributed by atoms with Crippen molar-refractivity contribution >= 4 is 17.7 Å². The van der Waals surface area contributed by atoms with Crippen LogP contribution in [-0.2, 0) is 0 Å². The van der Waals surface area contributed by atoms with Crippen molar-refractivity contribution in [3.05, 3.63) is 29.6 Å². The lowest BCUT2D eigenvalue weighted by molar-refractivity contribution is 0.0693. The second-order valence-electron chi connectivity index (χ2n) is 5.79. The highest BCUT2D eigenvalue weighted by Crippen LogP contribution is 2.36. The van der Waals surface area contributed by atoms with Gasteiger partial charge in [0.05, 0.1) is 5.69 Å². The molecule has 0 heterocycles. The van der Waals surface area contributed by atoms with E-state index in [9.17, 15) is 14.0 Å². The number of rotatable bonds is 4. The molecule has 1 saturated carbocycles. The number of halogens is 1. The molecule has 114 valence electrons. The fourth-order valence-electron chi connectivity index (χ4n) is 2.71. The van der Waals surface area contributed by atoms with Crippen LogP contribution in [0.5, 0.6) is 0 Å². The molecule has 0 bridgehead atoms. The van der Waals surface area contributed by atoms with Gasteiger partial charge in [-0.05, 0) is 30.4 Å². The van der Waals surface area contributed by atoms with E-state index in [1.165, 1.54) is 12.1 Å². The first-order valence-corrected chi connectivity index (χ1v) is 6.98. The molecule has 5 nitrogen and oxygen atoms in total. The third-order valence-electron chi connectivity index (χ3n) is 3.96. The van der Waals surface area contributed by atoms with Gasteiger partial charge >= 0.3 is 12.0 Å². The molecule has 3 N–H and O–H groups in total. The van der Waals surface area contributed by atoms with Crippen molar-refractivity contribution in [1.29, 1.82) is 0 Å². The van der Waals surface area contributed by atoms with Gasteiger partial charge in [0.15, 0.2) is 0 Å². The van der Waals surface area contributed by atoms with Crippen LogP contribution in [0.4, 0.5) is 14.9 Å². The molecule has 6 heteroatoms. The molecule has 1 aromatic rings. The number of nitrogens with one attached hydrogen (secondary N) is 2. The number of urea groups is 1. The zero-order valence-corrected chi connectivity index (χ0v) is 11.9. The molecule has 1 aromatic carbocycles. The number of carboxylic acid groups (broad SMARTS) is 1. The normalized spacial score (nSPS) is 16.5. The molecule has 0 aliphatic heterocycles. The number of carbonyl (C=O) groups excluding carboxylic acids is 1. The Morgan fingerprint density at radius 2 is 2.00 bits per heavy atom. The van der Waals surface area contributed by atoms with E-state index < -0.39 is 23.4 Å². The molecule has 21 heavy (non-hydrogen) atoms. The summed E-state index contributed by atoms with van der Waals surface area (Å²) in [6.07, 6.45) is 4.45. The first-order valence-electron chi connectivity index (χ1n) is 6.98. The topological polar surface area (TPSA) is 78.4 Å². The average Bonchev–Trinajstić information content (AvgIpc) is 2.84. The van der Waals surface area contributed by atoms with Gasteiger partial charge in [-0.1, -0.05) is 25.8 Å². The third-order valence-corrected chi connectivity index (χ3v) is 3.96. The quantitative estimate of drug-likeness (QED) is 0.797. The van der Waals surface area contributed by atoms with Crippen LogP contribution in [-0.4, -0.2) is 23.7 Å². The largest absolute Gasteiger partial charge is 0.478 e. The standard InChI is InChI=1S/C15H19FN2O3/c1-15(7-2-3-8-15)9-17-14(21)18-11-6-4-5-10(16)12(11)13(19)20/h4-6H,2-3,7-9H2,1H3,(H,19,20)(H2,17,18,21). The van der Waals surface area contributed by atoms with Gasteiger partial charge < -0.3 is 15.7 Å². The van der Waals surface area contributed by atoms with Crippen LogP contribution in [0.25, 0.3) is 0 Å². The Hall–Kier alpha value is -2.11. The number of carbonyl (C=O) groups is 2. The van der Waals surface area contributed by atoms with Crippen molar-refractivity contribution in [1.82, 2.24) is 5.32 Å². The molecule has 0 unspecified atom stereocenters. The summed E-state index contributed by atoms with van der Waals surface area (Å²) in [7, 11) is 0. The van der Waals surface area contributed by atoms with Crippen LogP contribution in [0.1, 0.15) is 43.0 Å². The second-order valence-corrected chi connectivity index (χ2v) is 5.79. The number of hydrogen-bond acceptors (Lipinski definition) is 2. The van der Waals surface area contributed by atoms with E-state index in [1.807, 2.05) is 0 Å². The van der Waals surface area contributed by atoms with Gasteiger partial charge in [-0.3, -0.25) is 0 Å². The molecule has 0 radical (unpaired) electrons. The summed E-state index contributed by atoms with van der Waals surface area (Å²) in [5, 5.41) is 14.1. The maximum atomic E-state index is 13.5. The number of hydrogen-bond donors (Lipinski definition) is 3. The van der Waals surface area contributed by atoms with Gasteiger partial charge in [0.2, 0.25) is 0 Å². The van der Waals surface area contributed by atoms with E-state index in [2.05, 4.69) is 17.6 Å². The Morgan fingerprint density at radius 1 is 1.33 bits per heavy atom. The van der Waals surface area contributed by atoms with Crippen molar-refractivity contribution in [2.45, 2.75) is 32.6 Å². The minimum Gasteiger partial charge on any atom is -0.478 e. The van der Waals surface area contributed by atoms with Gasteiger partial charge in [-0.25, -0.2) is 14.0 Å². The molecular formula is C15H19FN2O3. The number of carboxylic acids is 1. The predicted molar refractivity (Wildman–Crippen MR) is 77.0 cm³/mol. The Morgan fingerprint density at radius 3 is 2.62 bits per heavy atom.